The molecule has 3 aliphatic rings. The molecule has 1 aliphatic carbocycles. The number of hydrogen-bond acceptors (Lipinski definition) is 6. The standard InChI is InChI=1S/C24H32N4O5/c1-4-33-23(30)20-19(15-27-11-13-28(14-12-27)22(29)17-5-6-17)26(2)24(31)25-21(20)16-7-9-18(32-3)10-8-16/h7-10,17,21H,4-6,11-15H2,1-3H3,(H,25,31). The third-order valence-corrected chi connectivity index (χ3v) is 6.51. The summed E-state index contributed by atoms with van der Waals surface area (Å²) in [7, 11) is 3.26. The highest BCUT2D eigenvalue weighted by Crippen LogP contribution is 2.33. The number of carbonyl (C=O) groups is 3. The second-order valence-electron chi connectivity index (χ2n) is 8.67. The van der Waals surface area contributed by atoms with Crippen molar-refractivity contribution in [2.24, 2.45) is 5.92 Å². The third kappa shape index (κ3) is 4.98. The number of likely N-dealkylation sites (N-methyl/N-ethyl adjacent to an activating group) is 1. The highest BCUT2D eigenvalue weighted by Gasteiger charge is 2.38. The Balaban J connectivity index is 1.59. The van der Waals surface area contributed by atoms with E-state index in [1.807, 2.05) is 17.0 Å². The first kappa shape index (κ1) is 23.1. The fraction of sp³-hybridized carbons (Fsp3) is 0.542. The van der Waals surface area contributed by atoms with Gasteiger partial charge in [0.25, 0.3) is 0 Å². The van der Waals surface area contributed by atoms with Gasteiger partial charge in [-0.1, -0.05) is 12.1 Å². The van der Waals surface area contributed by atoms with E-state index in [9.17, 15) is 14.4 Å². The lowest BCUT2D eigenvalue weighted by Gasteiger charge is -2.39. The zero-order valence-electron chi connectivity index (χ0n) is 19.5. The minimum atomic E-state index is -0.619. The predicted octanol–water partition coefficient (Wildman–Crippen LogP) is 1.76. The van der Waals surface area contributed by atoms with E-state index < -0.39 is 12.0 Å². The minimum absolute atomic E-state index is 0.216. The maximum atomic E-state index is 13.1. The van der Waals surface area contributed by atoms with Crippen LogP contribution >= 0.6 is 0 Å². The molecule has 1 atom stereocenters. The van der Waals surface area contributed by atoms with Crippen molar-refractivity contribution in [3.63, 3.8) is 0 Å². The van der Waals surface area contributed by atoms with Gasteiger partial charge in [-0.05, 0) is 37.5 Å². The molecule has 2 fully saturated rings. The van der Waals surface area contributed by atoms with Crippen LogP contribution in [0.15, 0.2) is 35.5 Å². The fourth-order valence-corrected chi connectivity index (χ4v) is 4.37. The summed E-state index contributed by atoms with van der Waals surface area (Å²) in [4.78, 5) is 43.9. The molecule has 0 radical (unpaired) electrons. The largest absolute Gasteiger partial charge is 0.497 e. The summed E-state index contributed by atoms with van der Waals surface area (Å²) in [6.45, 7) is 5.15. The number of piperazine rings is 1. The number of urea groups is 1. The van der Waals surface area contributed by atoms with E-state index in [1.165, 1.54) is 4.90 Å². The quantitative estimate of drug-likeness (QED) is 0.629. The number of nitrogens with zero attached hydrogens (tertiary/aromatic N) is 3. The van der Waals surface area contributed by atoms with Gasteiger partial charge in [0.15, 0.2) is 0 Å². The number of hydrogen-bond donors (Lipinski definition) is 1. The average molecular weight is 457 g/mol. The van der Waals surface area contributed by atoms with Gasteiger partial charge < -0.3 is 19.7 Å². The molecule has 0 bridgehead atoms. The molecule has 1 N–H and O–H groups in total. The van der Waals surface area contributed by atoms with Gasteiger partial charge >= 0.3 is 12.0 Å². The summed E-state index contributed by atoms with van der Waals surface area (Å²) >= 11 is 0. The maximum absolute atomic E-state index is 13.1. The third-order valence-electron chi connectivity index (χ3n) is 6.51. The van der Waals surface area contributed by atoms with Crippen molar-refractivity contribution < 1.29 is 23.9 Å². The topological polar surface area (TPSA) is 91.4 Å². The van der Waals surface area contributed by atoms with E-state index in [-0.39, 0.29) is 24.5 Å². The molecule has 3 amide bonds. The van der Waals surface area contributed by atoms with Gasteiger partial charge in [0.1, 0.15) is 5.75 Å². The number of benzene rings is 1. The summed E-state index contributed by atoms with van der Waals surface area (Å²) in [5.74, 6) is 0.726. The molecular weight excluding hydrogens is 424 g/mol. The molecule has 4 rings (SSSR count). The Morgan fingerprint density at radius 3 is 2.33 bits per heavy atom. The second kappa shape index (κ2) is 9.82. The first-order chi connectivity index (χ1) is 15.9. The normalized spacial score (nSPS) is 21.7. The molecule has 1 saturated carbocycles. The van der Waals surface area contributed by atoms with E-state index in [0.717, 1.165) is 18.4 Å². The molecule has 1 aromatic rings. The zero-order chi connectivity index (χ0) is 23.5. The molecule has 0 aromatic heterocycles. The Morgan fingerprint density at radius 1 is 1.09 bits per heavy atom. The number of ether oxygens (including phenoxy) is 2. The molecule has 178 valence electrons. The van der Waals surface area contributed by atoms with E-state index in [0.29, 0.717) is 49.7 Å². The van der Waals surface area contributed by atoms with Gasteiger partial charge in [0.05, 0.1) is 25.3 Å². The van der Waals surface area contributed by atoms with Crippen LogP contribution in [0, 0.1) is 5.92 Å². The predicted molar refractivity (Wildman–Crippen MR) is 121 cm³/mol. The number of esters is 1. The number of amides is 3. The number of methoxy groups -OCH3 is 1. The van der Waals surface area contributed by atoms with Crippen LogP contribution in [0.5, 0.6) is 5.75 Å². The summed E-state index contributed by atoms with van der Waals surface area (Å²) in [5, 5.41) is 2.93. The summed E-state index contributed by atoms with van der Waals surface area (Å²) in [6.07, 6.45) is 2.00. The molecule has 2 heterocycles. The van der Waals surface area contributed by atoms with Crippen LogP contribution in [0.4, 0.5) is 4.79 Å². The molecule has 0 spiro atoms. The Labute approximate surface area is 194 Å². The lowest BCUT2D eigenvalue weighted by Crippen LogP contribution is -2.53. The SMILES string of the molecule is CCOC(=O)C1=C(CN2CCN(C(=O)C3CC3)CC2)N(C)C(=O)NC1c1ccc(OC)cc1. The van der Waals surface area contributed by atoms with E-state index >= 15 is 0 Å². The Kier molecular flexibility index (Phi) is 6.88. The average Bonchev–Trinajstić information content (AvgIpc) is 3.67. The monoisotopic (exact) mass is 456 g/mol. The van der Waals surface area contributed by atoms with Crippen molar-refractivity contribution in [1.82, 2.24) is 20.0 Å². The van der Waals surface area contributed by atoms with Crippen molar-refractivity contribution in [2.45, 2.75) is 25.8 Å². The summed E-state index contributed by atoms with van der Waals surface area (Å²) < 4.78 is 10.6. The van der Waals surface area contributed by atoms with Crippen molar-refractivity contribution in [1.29, 1.82) is 0 Å². The van der Waals surface area contributed by atoms with Crippen LogP contribution in [0.25, 0.3) is 0 Å². The molecule has 1 unspecified atom stereocenters. The molecule has 1 saturated heterocycles. The second-order valence-corrected chi connectivity index (χ2v) is 8.67. The molecule has 9 heteroatoms. The first-order valence-corrected chi connectivity index (χ1v) is 11.5. The van der Waals surface area contributed by atoms with Crippen LogP contribution in [0.3, 0.4) is 0 Å². The van der Waals surface area contributed by atoms with Crippen molar-refractivity contribution in [3.05, 3.63) is 41.1 Å². The molecule has 33 heavy (non-hydrogen) atoms. The van der Waals surface area contributed by atoms with E-state index in [4.69, 9.17) is 9.47 Å². The lowest BCUT2D eigenvalue weighted by atomic mass is 9.94. The zero-order valence-corrected chi connectivity index (χ0v) is 19.5. The summed E-state index contributed by atoms with van der Waals surface area (Å²) in [6, 6.07) is 6.40. The van der Waals surface area contributed by atoms with Gasteiger partial charge in [-0.3, -0.25) is 14.6 Å². The smallest absolute Gasteiger partial charge is 0.338 e. The number of carbonyl (C=O) groups excluding carboxylic acids is 3. The molecule has 9 nitrogen and oxygen atoms in total. The van der Waals surface area contributed by atoms with Gasteiger partial charge in [0.2, 0.25) is 5.91 Å². The number of nitrogens with one attached hydrogen (secondary N) is 1. The number of rotatable bonds is 7. The van der Waals surface area contributed by atoms with E-state index in [1.54, 1.807) is 33.2 Å². The van der Waals surface area contributed by atoms with Crippen LogP contribution < -0.4 is 10.1 Å². The minimum Gasteiger partial charge on any atom is -0.497 e. The lowest BCUT2D eigenvalue weighted by molar-refractivity contribution is -0.139. The van der Waals surface area contributed by atoms with Crippen molar-refractivity contribution in [3.8, 4) is 5.75 Å². The van der Waals surface area contributed by atoms with Crippen LogP contribution in [-0.2, 0) is 14.3 Å². The van der Waals surface area contributed by atoms with Gasteiger partial charge in [-0.2, -0.15) is 0 Å². The van der Waals surface area contributed by atoms with Crippen LogP contribution in [0.1, 0.15) is 31.4 Å². The molecule has 1 aromatic carbocycles. The van der Waals surface area contributed by atoms with Crippen LogP contribution in [0.2, 0.25) is 0 Å². The first-order valence-electron chi connectivity index (χ1n) is 11.5. The maximum Gasteiger partial charge on any atom is 0.338 e. The van der Waals surface area contributed by atoms with Gasteiger partial charge in [0, 0.05) is 51.4 Å². The van der Waals surface area contributed by atoms with Crippen LogP contribution in [-0.4, -0.2) is 86.1 Å². The highest BCUT2D eigenvalue weighted by atomic mass is 16.5. The Morgan fingerprint density at radius 2 is 1.76 bits per heavy atom. The molecular formula is C24H32N4O5. The summed E-state index contributed by atoms with van der Waals surface area (Å²) in [5.41, 5.74) is 1.83. The van der Waals surface area contributed by atoms with E-state index in [2.05, 4.69) is 10.2 Å². The van der Waals surface area contributed by atoms with Crippen molar-refractivity contribution in [2.75, 3.05) is 53.5 Å². The fourth-order valence-electron chi connectivity index (χ4n) is 4.37. The van der Waals surface area contributed by atoms with Gasteiger partial charge in [-0.25, -0.2) is 9.59 Å². The molecule has 2 aliphatic heterocycles. The van der Waals surface area contributed by atoms with Crippen molar-refractivity contribution >= 4 is 17.9 Å². The highest BCUT2D eigenvalue weighted by molar-refractivity contribution is 5.95. The van der Waals surface area contributed by atoms with Gasteiger partial charge in [-0.15, -0.1) is 0 Å². The Hall–Kier alpha value is -3.07. The Bertz CT molecular complexity index is 933.